The predicted octanol–water partition coefficient (Wildman–Crippen LogP) is 3.87. The van der Waals surface area contributed by atoms with E-state index in [-0.39, 0.29) is 16.8 Å². The first kappa shape index (κ1) is 15.2. The molecule has 3 rings (SSSR count). The van der Waals surface area contributed by atoms with Crippen molar-refractivity contribution in [3.63, 3.8) is 0 Å². The normalized spacial score (nSPS) is 11.2. The summed E-state index contributed by atoms with van der Waals surface area (Å²) in [5, 5.41) is 21.0. The Bertz CT molecular complexity index is 1030. The lowest BCUT2D eigenvalue weighted by molar-refractivity contribution is -0.384. The number of carbonyl (C=O) groups is 1. The fourth-order valence-electron chi connectivity index (χ4n) is 2.43. The number of rotatable bonds is 4. The largest absolute Gasteiger partial charge is 0.361 e. The van der Waals surface area contributed by atoms with Crippen molar-refractivity contribution in [3.8, 4) is 6.07 Å². The molecule has 0 aliphatic heterocycles. The molecule has 0 fully saturated rings. The standard InChI is InChI=1S/C18H11N3O3/c19-10-13(8-14-11-20-17-7-2-1-6-16(14)17)18(22)12-4-3-5-15(9-12)21(23)24/h1-9,11,20H/b13-8+. The van der Waals surface area contributed by atoms with Crippen LogP contribution in [-0.4, -0.2) is 15.7 Å². The molecule has 6 nitrogen and oxygen atoms in total. The molecule has 0 aliphatic rings. The van der Waals surface area contributed by atoms with Crippen molar-refractivity contribution in [1.29, 1.82) is 5.26 Å². The molecule has 116 valence electrons. The first-order chi connectivity index (χ1) is 11.6. The van der Waals surface area contributed by atoms with Crippen LogP contribution in [0.15, 0.2) is 60.3 Å². The molecule has 2 aromatic carbocycles. The summed E-state index contributed by atoms with van der Waals surface area (Å²) in [7, 11) is 0. The molecule has 0 saturated carbocycles. The number of non-ortho nitro benzene ring substituents is 1. The van der Waals surface area contributed by atoms with Crippen LogP contribution >= 0.6 is 0 Å². The molecule has 0 spiro atoms. The molecule has 0 amide bonds. The third kappa shape index (κ3) is 2.78. The van der Waals surface area contributed by atoms with Crippen LogP contribution in [0.5, 0.6) is 0 Å². The van der Waals surface area contributed by atoms with Crippen molar-refractivity contribution in [2.24, 2.45) is 0 Å². The molecule has 0 aliphatic carbocycles. The number of allylic oxidation sites excluding steroid dienone is 1. The molecule has 1 heterocycles. The smallest absolute Gasteiger partial charge is 0.270 e. The van der Waals surface area contributed by atoms with E-state index in [1.165, 1.54) is 30.3 Å². The van der Waals surface area contributed by atoms with Gasteiger partial charge in [-0.2, -0.15) is 5.26 Å². The number of H-pyrrole nitrogens is 1. The molecule has 0 bridgehead atoms. The Morgan fingerprint density at radius 2 is 2.00 bits per heavy atom. The number of aromatic nitrogens is 1. The molecule has 24 heavy (non-hydrogen) atoms. The van der Waals surface area contributed by atoms with E-state index < -0.39 is 10.7 Å². The zero-order valence-electron chi connectivity index (χ0n) is 12.4. The lowest BCUT2D eigenvalue weighted by Crippen LogP contribution is -2.02. The maximum absolute atomic E-state index is 12.5. The number of ketones is 1. The van der Waals surface area contributed by atoms with Gasteiger partial charge in [-0.1, -0.05) is 30.3 Å². The Balaban J connectivity index is 2.02. The molecule has 0 atom stereocenters. The van der Waals surface area contributed by atoms with Crippen LogP contribution in [-0.2, 0) is 0 Å². The number of hydrogen-bond acceptors (Lipinski definition) is 4. The van der Waals surface area contributed by atoms with E-state index in [4.69, 9.17) is 0 Å². The molecule has 1 N–H and O–H groups in total. The van der Waals surface area contributed by atoms with Gasteiger partial charge in [0.2, 0.25) is 5.78 Å². The topological polar surface area (TPSA) is 99.8 Å². The van der Waals surface area contributed by atoms with E-state index in [1.54, 1.807) is 6.20 Å². The number of nitro groups is 1. The van der Waals surface area contributed by atoms with Crippen LogP contribution in [0.3, 0.4) is 0 Å². The van der Waals surface area contributed by atoms with Crippen molar-refractivity contribution in [2.45, 2.75) is 0 Å². The third-order valence-electron chi connectivity index (χ3n) is 3.61. The first-order valence-corrected chi connectivity index (χ1v) is 7.07. The summed E-state index contributed by atoms with van der Waals surface area (Å²) < 4.78 is 0. The third-order valence-corrected chi connectivity index (χ3v) is 3.61. The highest BCUT2D eigenvalue weighted by atomic mass is 16.6. The predicted molar refractivity (Wildman–Crippen MR) is 89.3 cm³/mol. The number of Topliss-reactive ketones (excluding diaryl/α,β-unsaturated/α-hetero) is 1. The van der Waals surface area contributed by atoms with Crippen molar-refractivity contribution in [3.05, 3.63) is 81.5 Å². The van der Waals surface area contributed by atoms with Crippen molar-refractivity contribution in [1.82, 2.24) is 4.98 Å². The lowest BCUT2D eigenvalue weighted by Gasteiger charge is -2.00. The molecular weight excluding hydrogens is 306 g/mol. The van der Waals surface area contributed by atoms with Gasteiger partial charge in [0, 0.05) is 40.4 Å². The number of benzene rings is 2. The van der Waals surface area contributed by atoms with Crippen LogP contribution in [0.4, 0.5) is 5.69 Å². The second-order valence-corrected chi connectivity index (χ2v) is 5.10. The van der Waals surface area contributed by atoms with Gasteiger partial charge < -0.3 is 4.98 Å². The number of aromatic amines is 1. The highest BCUT2D eigenvalue weighted by Gasteiger charge is 2.16. The molecule has 0 radical (unpaired) electrons. The number of carbonyl (C=O) groups excluding carboxylic acids is 1. The summed E-state index contributed by atoms with van der Waals surface area (Å²) in [6, 6.07) is 14.7. The van der Waals surface area contributed by atoms with Gasteiger partial charge in [-0.3, -0.25) is 14.9 Å². The van der Waals surface area contributed by atoms with Gasteiger partial charge in [-0.15, -0.1) is 0 Å². The number of nitriles is 1. The zero-order valence-corrected chi connectivity index (χ0v) is 12.4. The Morgan fingerprint density at radius 1 is 1.21 bits per heavy atom. The van der Waals surface area contributed by atoms with E-state index in [2.05, 4.69) is 4.98 Å². The Labute approximate surface area is 136 Å². The fraction of sp³-hybridized carbons (Fsp3) is 0. The number of para-hydroxylation sites is 1. The molecule has 0 unspecified atom stereocenters. The average molecular weight is 317 g/mol. The van der Waals surface area contributed by atoms with Crippen molar-refractivity contribution in [2.75, 3.05) is 0 Å². The maximum atomic E-state index is 12.5. The van der Waals surface area contributed by atoms with E-state index in [1.807, 2.05) is 30.3 Å². The number of hydrogen-bond donors (Lipinski definition) is 1. The van der Waals surface area contributed by atoms with Gasteiger partial charge >= 0.3 is 0 Å². The van der Waals surface area contributed by atoms with Crippen LogP contribution in [0.2, 0.25) is 0 Å². The molecule has 6 heteroatoms. The van der Waals surface area contributed by atoms with Crippen LogP contribution < -0.4 is 0 Å². The maximum Gasteiger partial charge on any atom is 0.270 e. The van der Waals surface area contributed by atoms with Gasteiger partial charge in [0.05, 0.1) is 4.92 Å². The lowest BCUT2D eigenvalue weighted by atomic mass is 10.0. The minimum atomic E-state index is -0.577. The summed E-state index contributed by atoms with van der Waals surface area (Å²) in [6.07, 6.45) is 3.20. The summed E-state index contributed by atoms with van der Waals surface area (Å²) in [6.45, 7) is 0. The van der Waals surface area contributed by atoms with Gasteiger partial charge in [-0.05, 0) is 12.1 Å². The second-order valence-electron chi connectivity index (χ2n) is 5.10. The van der Waals surface area contributed by atoms with E-state index in [0.717, 1.165) is 10.9 Å². The second kappa shape index (κ2) is 6.18. The molecule has 3 aromatic rings. The van der Waals surface area contributed by atoms with Crippen LogP contribution in [0.25, 0.3) is 17.0 Å². The molecule has 0 saturated heterocycles. The van der Waals surface area contributed by atoms with Crippen molar-refractivity contribution < 1.29 is 9.72 Å². The van der Waals surface area contributed by atoms with Crippen LogP contribution in [0, 0.1) is 21.4 Å². The average Bonchev–Trinajstić information content (AvgIpc) is 3.02. The van der Waals surface area contributed by atoms with Gasteiger partial charge in [0.25, 0.3) is 5.69 Å². The monoisotopic (exact) mass is 317 g/mol. The Hall–Kier alpha value is -3.72. The Morgan fingerprint density at radius 3 is 2.75 bits per heavy atom. The van der Waals surface area contributed by atoms with E-state index in [9.17, 15) is 20.2 Å². The number of nitrogens with zero attached hydrogens (tertiary/aromatic N) is 2. The van der Waals surface area contributed by atoms with Gasteiger partial charge in [0.15, 0.2) is 0 Å². The minimum Gasteiger partial charge on any atom is -0.361 e. The Kier molecular flexibility index (Phi) is 3.91. The SMILES string of the molecule is N#C/C(=C\c1c[nH]c2ccccc12)C(=O)c1cccc([N+](=O)[O-])c1. The molecule has 1 aromatic heterocycles. The summed E-state index contributed by atoms with van der Waals surface area (Å²) >= 11 is 0. The number of nitro benzene ring substituents is 1. The highest BCUT2D eigenvalue weighted by molar-refractivity contribution is 6.15. The summed E-state index contributed by atoms with van der Waals surface area (Å²) in [5.41, 5.74) is 1.44. The van der Waals surface area contributed by atoms with Crippen LogP contribution in [0.1, 0.15) is 15.9 Å². The van der Waals surface area contributed by atoms with Gasteiger partial charge in [-0.25, -0.2) is 0 Å². The van der Waals surface area contributed by atoms with Gasteiger partial charge in [0.1, 0.15) is 11.6 Å². The quantitative estimate of drug-likeness (QED) is 0.259. The minimum absolute atomic E-state index is 0.0831. The van der Waals surface area contributed by atoms with E-state index >= 15 is 0 Å². The number of nitrogens with one attached hydrogen (secondary N) is 1. The summed E-state index contributed by atoms with van der Waals surface area (Å²) in [4.78, 5) is 25.8. The highest BCUT2D eigenvalue weighted by Crippen LogP contribution is 2.22. The summed E-state index contributed by atoms with van der Waals surface area (Å²) in [5.74, 6) is -0.550. The number of fused-ring (bicyclic) bond motifs is 1. The van der Waals surface area contributed by atoms with Crippen molar-refractivity contribution >= 4 is 28.4 Å². The fourth-order valence-corrected chi connectivity index (χ4v) is 2.43. The first-order valence-electron chi connectivity index (χ1n) is 7.07. The zero-order chi connectivity index (χ0) is 17.1. The molecular formula is C18H11N3O3. The van der Waals surface area contributed by atoms with E-state index in [0.29, 0.717) is 5.56 Å².